The van der Waals surface area contributed by atoms with Gasteiger partial charge in [0.1, 0.15) is 5.75 Å². The van der Waals surface area contributed by atoms with E-state index in [0.717, 1.165) is 42.0 Å². The topological polar surface area (TPSA) is 67.8 Å². The maximum atomic E-state index is 11.2. The molecule has 0 amide bonds. The van der Waals surface area contributed by atoms with Gasteiger partial charge < -0.3 is 19.9 Å². The molecule has 0 radical (unpaired) electrons. The van der Waals surface area contributed by atoms with Gasteiger partial charge in [-0.25, -0.2) is 4.79 Å². The smallest absolute Gasteiger partial charge is 0.335 e. The highest BCUT2D eigenvalue weighted by Crippen LogP contribution is 2.50. The monoisotopic (exact) mass is 373 g/mol. The number of carboxylic acids is 1. The number of nitrogens with one attached hydrogen (secondary N) is 1. The van der Waals surface area contributed by atoms with Crippen LogP contribution in [0.15, 0.2) is 36.4 Å². The molecule has 136 valence electrons. The van der Waals surface area contributed by atoms with Gasteiger partial charge in [-0.2, -0.15) is 0 Å². The van der Waals surface area contributed by atoms with Crippen molar-refractivity contribution in [3.8, 4) is 5.75 Å². The minimum Gasteiger partial charge on any atom is -0.497 e. The van der Waals surface area contributed by atoms with Crippen LogP contribution in [0, 0.1) is 5.92 Å². The molecular weight excluding hydrogens is 354 g/mol. The van der Waals surface area contributed by atoms with Crippen molar-refractivity contribution >= 4 is 23.3 Å². The van der Waals surface area contributed by atoms with Gasteiger partial charge in [0.2, 0.25) is 0 Å². The first kappa shape index (κ1) is 17.2. The van der Waals surface area contributed by atoms with Crippen molar-refractivity contribution in [2.45, 2.75) is 25.0 Å². The summed E-state index contributed by atoms with van der Waals surface area (Å²) in [6, 6.07) is 10.8. The first-order valence-corrected chi connectivity index (χ1v) is 9.05. The highest BCUT2D eigenvalue weighted by molar-refractivity contribution is 6.31. The largest absolute Gasteiger partial charge is 0.497 e. The lowest BCUT2D eigenvalue weighted by Gasteiger charge is -2.43. The lowest BCUT2D eigenvalue weighted by molar-refractivity contribution is -0.0382. The number of hydrogen-bond donors (Lipinski definition) is 2. The molecule has 0 bridgehead atoms. The van der Waals surface area contributed by atoms with E-state index in [0.29, 0.717) is 5.02 Å². The minimum atomic E-state index is -0.980. The molecule has 2 heterocycles. The number of fused-ring (bicyclic) bond motifs is 3. The second-order valence-corrected chi connectivity index (χ2v) is 7.12. The van der Waals surface area contributed by atoms with Gasteiger partial charge in [0.15, 0.2) is 0 Å². The predicted octanol–water partition coefficient (Wildman–Crippen LogP) is 4.68. The first-order valence-electron chi connectivity index (χ1n) is 8.67. The van der Waals surface area contributed by atoms with Crippen molar-refractivity contribution in [3.63, 3.8) is 0 Å². The van der Waals surface area contributed by atoms with E-state index < -0.39 is 5.97 Å². The summed E-state index contributed by atoms with van der Waals surface area (Å²) in [6.45, 7) is 0.732. The molecule has 2 N–H and O–H groups in total. The quantitative estimate of drug-likeness (QED) is 0.817. The van der Waals surface area contributed by atoms with Gasteiger partial charge in [-0.1, -0.05) is 17.7 Å². The number of carboxylic acid groups (broad SMARTS) is 1. The second kappa shape index (κ2) is 6.82. The van der Waals surface area contributed by atoms with Crippen LogP contribution in [-0.4, -0.2) is 24.8 Å². The molecule has 3 atom stereocenters. The molecular formula is C20H20ClNO4. The molecule has 5 nitrogen and oxygen atoms in total. The molecule has 0 aromatic heterocycles. The molecule has 2 aromatic rings. The Bertz CT molecular complexity index is 854. The summed E-state index contributed by atoms with van der Waals surface area (Å²) in [7, 11) is 1.66. The highest BCUT2D eigenvalue weighted by atomic mass is 35.5. The number of anilines is 1. The molecule has 4 rings (SSSR count). The average Bonchev–Trinajstić information content (AvgIpc) is 2.67. The standard InChI is InChI=1S/C20H20ClNO4/c1-25-12-5-7-17-15(10-12)19-14(3-2-8-26-19)18(22-17)13-6-4-11(20(23)24)9-16(13)21/h4-7,9-10,14,18-19,22H,2-3,8H2,1H3,(H,23,24)/t14-,18-,19-/m1/s1. The van der Waals surface area contributed by atoms with Gasteiger partial charge in [-0.3, -0.25) is 0 Å². The van der Waals surface area contributed by atoms with E-state index in [-0.39, 0.29) is 23.6 Å². The van der Waals surface area contributed by atoms with Crippen LogP contribution >= 0.6 is 11.6 Å². The number of rotatable bonds is 3. The Hall–Kier alpha value is -2.24. The normalized spacial score (nSPS) is 24.2. The van der Waals surface area contributed by atoms with Gasteiger partial charge in [0.05, 0.1) is 24.8 Å². The van der Waals surface area contributed by atoms with Crippen LogP contribution in [0.25, 0.3) is 0 Å². The summed E-state index contributed by atoms with van der Waals surface area (Å²) in [5, 5.41) is 13.2. The zero-order chi connectivity index (χ0) is 18.3. The van der Waals surface area contributed by atoms with Crippen LogP contribution in [0.5, 0.6) is 5.75 Å². The van der Waals surface area contributed by atoms with E-state index in [2.05, 4.69) is 5.32 Å². The second-order valence-electron chi connectivity index (χ2n) is 6.71. The first-order chi connectivity index (χ1) is 12.6. The number of methoxy groups -OCH3 is 1. The van der Waals surface area contributed by atoms with Crippen molar-refractivity contribution in [2.75, 3.05) is 19.0 Å². The fraction of sp³-hybridized carbons (Fsp3) is 0.350. The van der Waals surface area contributed by atoms with Crippen molar-refractivity contribution in [3.05, 3.63) is 58.1 Å². The van der Waals surface area contributed by atoms with Crippen molar-refractivity contribution in [1.29, 1.82) is 0 Å². The van der Waals surface area contributed by atoms with E-state index in [1.54, 1.807) is 13.2 Å². The third kappa shape index (κ3) is 2.91. The number of benzene rings is 2. The lowest BCUT2D eigenvalue weighted by Crippen LogP contribution is -2.36. The summed E-state index contributed by atoms with van der Waals surface area (Å²) < 4.78 is 11.5. The molecule has 2 aliphatic rings. The Morgan fingerprint density at radius 2 is 2.12 bits per heavy atom. The van der Waals surface area contributed by atoms with Gasteiger partial charge in [-0.15, -0.1) is 0 Å². The third-order valence-electron chi connectivity index (χ3n) is 5.25. The maximum Gasteiger partial charge on any atom is 0.335 e. The molecule has 0 saturated carbocycles. The molecule has 1 saturated heterocycles. The molecule has 2 aromatic carbocycles. The maximum absolute atomic E-state index is 11.2. The van der Waals surface area contributed by atoms with Crippen LogP contribution in [0.1, 0.15) is 46.5 Å². The Labute approximate surface area is 156 Å². The van der Waals surface area contributed by atoms with Crippen LogP contribution in [0.3, 0.4) is 0 Å². The summed E-state index contributed by atoms with van der Waals surface area (Å²) in [4.78, 5) is 11.2. The fourth-order valence-corrected chi connectivity index (χ4v) is 4.29. The zero-order valence-corrected chi connectivity index (χ0v) is 15.1. The highest BCUT2D eigenvalue weighted by Gasteiger charge is 2.40. The Morgan fingerprint density at radius 1 is 1.27 bits per heavy atom. The number of halogens is 1. The Morgan fingerprint density at radius 3 is 2.85 bits per heavy atom. The van der Waals surface area contributed by atoms with E-state index in [9.17, 15) is 9.90 Å². The van der Waals surface area contributed by atoms with E-state index >= 15 is 0 Å². The summed E-state index contributed by atoms with van der Waals surface area (Å²) >= 11 is 6.45. The minimum absolute atomic E-state index is 0.0310. The van der Waals surface area contributed by atoms with Crippen molar-refractivity contribution < 1.29 is 19.4 Å². The number of aromatic carboxylic acids is 1. The molecule has 2 aliphatic heterocycles. The lowest BCUT2D eigenvalue weighted by atomic mass is 9.77. The molecule has 26 heavy (non-hydrogen) atoms. The number of hydrogen-bond acceptors (Lipinski definition) is 4. The molecule has 6 heteroatoms. The molecule has 0 spiro atoms. The summed E-state index contributed by atoms with van der Waals surface area (Å²) in [6.07, 6.45) is 1.97. The number of carbonyl (C=O) groups is 1. The average molecular weight is 374 g/mol. The van der Waals surface area contributed by atoms with Gasteiger partial charge in [0.25, 0.3) is 0 Å². The van der Waals surface area contributed by atoms with Crippen LogP contribution in [0.2, 0.25) is 5.02 Å². The van der Waals surface area contributed by atoms with Crippen LogP contribution < -0.4 is 10.1 Å². The number of ether oxygens (including phenoxy) is 2. The Balaban J connectivity index is 1.76. The predicted molar refractivity (Wildman–Crippen MR) is 99.2 cm³/mol. The SMILES string of the molecule is COc1ccc2c(c1)[C@@H]1OCCC[C@@H]1[C@@H](c1ccc(C(=O)O)cc1Cl)N2. The molecule has 1 fully saturated rings. The van der Waals surface area contributed by atoms with Gasteiger partial charge in [-0.05, 0) is 48.7 Å². The Kier molecular flexibility index (Phi) is 4.51. The molecule has 0 unspecified atom stereocenters. The molecule has 0 aliphatic carbocycles. The fourth-order valence-electron chi connectivity index (χ4n) is 4.00. The summed E-state index contributed by atoms with van der Waals surface area (Å²) in [5.74, 6) is 0.0451. The third-order valence-corrected chi connectivity index (χ3v) is 5.58. The summed E-state index contributed by atoms with van der Waals surface area (Å²) in [5.41, 5.74) is 3.19. The van der Waals surface area contributed by atoms with Gasteiger partial charge >= 0.3 is 5.97 Å². The zero-order valence-electron chi connectivity index (χ0n) is 14.4. The van der Waals surface area contributed by atoms with Crippen molar-refractivity contribution in [2.24, 2.45) is 5.92 Å². The van der Waals surface area contributed by atoms with E-state index in [1.165, 1.54) is 6.07 Å². The van der Waals surface area contributed by atoms with Crippen molar-refractivity contribution in [1.82, 2.24) is 0 Å². The van der Waals surface area contributed by atoms with E-state index in [4.69, 9.17) is 21.1 Å². The van der Waals surface area contributed by atoms with Crippen LogP contribution in [-0.2, 0) is 4.74 Å². The van der Waals surface area contributed by atoms with E-state index in [1.807, 2.05) is 24.3 Å². The van der Waals surface area contributed by atoms with Crippen LogP contribution in [0.4, 0.5) is 5.69 Å². The van der Waals surface area contributed by atoms with Gasteiger partial charge in [0, 0.05) is 28.8 Å².